The first-order chi connectivity index (χ1) is 14.0. The van der Waals surface area contributed by atoms with Crippen LogP contribution in [0.1, 0.15) is 27.2 Å². The van der Waals surface area contributed by atoms with E-state index >= 15 is 0 Å². The van der Waals surface area contributed by atoms with Crippen LogP contribution in [0.5, 0.6) is 0 Å². The number of rotatable bonds is 4. The Labute approximate surface area is 179 Å². The van der Waals surface area contributed by atoms with Crippen LogP contribution in [-0.4, -0.2) is 56.0 Å². The number of amides is 2. The van der Waals surface area contributed by atoms with Crippen LogP contribution < -0.4 is 16.0 Å². The number of nitrogens with one attached hydrogen (secondary N) is 1. The molecule has 2 amide bonds. The number of esters is 1. The molecule has 2 aliphatic rings. The van der Waals surface area contributed by atoms with Gasteiger partial charge >= 0.3 is 5.97 Å². The molecule has 0 aliphatic carbocycles. The van der Waals surface area contributed by atoms with Gasteiger partial charge in [0.25, 0.3) is 5.91 Å². The number of morpholine rings is 1. The van der Waals surface area contributed by atoms with Crippen molar-refractivity contribution in [1.29, 1.82) is 0 Å². The van der Waals surface area contributed by atoms with Gasteiger partial charge in [-0.25, -0.2) is 0 Å². The Bertz CT molecular complexity index is 855. The molecule has 3 N–H and O–H groups in total. The third-order valence-corrected chi connectivity index (χ3v) is 5.23. The highest BCUT2D eigenvalue weighted by molar-refractivity contribution is 6.34. The molecule has 10 heteroatoms. The van der Waals surface area contributed by atoms with Crippen LogP contribution in [0.3, 0.4) is 0 Å². The summed E-state index contributed by atoms with van der Waals surface area (Å²) >= 11 is 6.36. The average Bonchev–Trinajstić information content (AvgIpc) is 3.04. The largest absolute Gasteiger partial charge is 0.459 e. The first-order valence-corrected chi connectivity index (χ1v) is 10.0. The van der Waals surface area contributed by atoms with E-state index in [-0.39, 0.29) is 30.6 Å². The molecule has 30 heavy (non-hydrogen) atoms. The van der Waals surface area contributed by atoms with Gasteiger partial charge in [0, 0.05) is 12.2 Å². The SMILES string of the molecule is CC(C)(C)OC(=O)C1(C(=O)Nc2ccc(N3CCOCC3=O)c(Cl)c2)CCOC1N. The minimum absolute atomic E-state index is 0.00882. The lowest BCUT2D eigenvalue weighted by molar-refractivity contribution is -0.173. The minimum atomic E-state index is -1.67. The predicted molar refractivity (Wildman–Crippen MR) is 110 cm³/mol. The second-order valence-corrected chi connectivity index (χ2v) is 8.64. The molecule has 1 aromatic carbocycles. The second-order valence-electron chi connectivity index (χ2n) is 8.23. The predicted octanol–water partition coefficient (Wildman–Crippen LogP) is 1.67. The molecule has 2 unspecified atom stereocenters. The fraction of sp³-hybridized carbons (Fsp3) is 0.550. The van der Waals surface area contributed by atoms with Crippen LogP contribution in [0, 0.1) is 5.41 Å². The highest BCUT2D eigenvalue weighted by Gasteiger charge is 2.57. The van der Waals surface area contributed by atoms with Crippen LogP contribution in [0.2, 0.25) is 5.02 Å². The molecule has 2 saturated heterocycles. The summed E-state index contributed by atoms with van der Waals surface area (Å²) in [6.07, 6.45) is -1.03. The Morgan fingerprint density at radius 2 is 2.07 bits per heavy atom. The third kappa shape index (κ3) is 4.44. The van der Waals surface area contributed by atoms with Crippen molar-refractivity contribution in [2.75, 3.05) is 36.6 Å². The van der Waals surface area contributed by atoms with Crippen LogP contribution in [-0.2, 0) is 28.6 Å². The molecule has 2 atom stereocenters. The Morgan fingerprint density at radius 1 is 1.33 bits per heavy atom. The van der Waals surface area contributed by atoms with Crippen molar-refractivity contribution in [3.63, 3.8) is 0 Å². The van der Waals surface area contributed by atoms with E-state index in [0.717, 1.165) is 0 Å². The number of anilines is 2. The number of nitrogens with zero attached hydrogens (tertiary/aromatic N) is 1. The maximum atomic E-state index is 13.1. The lowest BCUT2D eigenvalue weighted by Gasteiger charge is -2.32. The van der Waals surface area contributed by atoms with E-state index in [2.05, 4.69) is 5.32 Å². The monoisotopic (exact) mass is 439 g/mol. The molecule has 0 radical (unpaired) electrons. The molecule has 3 rings (SSSR count). The van der Waals surface area contributed by atoms with Crippen LogP contribution >= 0.6 is 11.6 Å². The van der Waals surface area contributed by atoms with Crippen molar-refractivity contribution >= 4 is 40.8 Å². The highest BCUT2D eigenvalue weighted by atomic mass is 35.5. The van der Waals surface area contributed by atoms with E-state index in [0.29, 0.717) is 24.5 Å². The van der Waals surface area contributed by atoms with E-state index in [1.165, 1.54) is 11.0 Å². The highest BCUT2D eigenvalue weighted by Crippen LogP contribution is 2.37. The summed E-state index contributed by atoms with van der Waals surface area (Å²) in [5.41, 5.74) is 4.41. The summed E-state index contributed by atoms with van der Waals surface area (Å²) in [5.74, 6) is -1.56. The molecular formula is C20H26ClN3O6. The number of carbonyl (C=O) groups excluding carboxylic acids is 3. The van der Waals surface area contributed by atoms with Gasteiger partial charge in [0.1, 0.15) is 18.4 Å². The molecule has 2 heterocycles. The fourth-order valence-corrected chi connectivity index (χ4v) is 3.66. The van der Waals surface area contributed by atoms with Gasteiger partial charge in [0.15, 0.2) is 5.41 Å². The van der Waals surface area contributed by atoms with Gasteiger partial charge in [-0.15, -0.1) is 0 Å². The van der Waals surface area contributed by atoms with Gasteiger partial charge in [-0.1, -0.05) is 11.6 Å². The summed E-state index contributed by atoms with van der Waals surface area (Å²) in [6.45, 7) is 6.09. The molecule has 0 spiro atoms. The van der Waals surface area contributed by atoms with Crippen LogP contribution in [0.4, 0.5) is 11.4 Å². The van der Waals surface area contributed by atoms with Crippen molar-refractivity contribution in [3.05, 3.63) is 23.2 Å². The fourth-order valence-electron chi connectivity index (χ4n) is 3.37. The number of carbonyl (C=O) groups is 3. The number of halogens is 1. The topological polar surface area (TPSA) is 120 Å². The number of hydrogen-bond donors (Lipinski definition) is 2. The molecule has 9 nitrogen and oxygen atoms in total. The average molecular weight is 440 g/mol. The smallest absolute Gasteiger partial charge is 0.326 e. The minimum Gasteiger partial charge on any atom is -0.459 e. The van der Waals surface area contributed by atoms with Crippen molar-refractivity contribution in [2.24, 2.45) is 11.1 Å². The summed E-state index contributed by atoms with van der Waals surface area (Å²) in [5, 5.41) is 2.97. The van der Waals surface area contributed by atoms with Gasteiger partial charge in [-0.2, -0.15) is 0 Å². The zero-order chi connectivity index (χ0) is 22.1. The van der Waals surface area contributed by atoms with E-state index in [1.54, 1.807) is 32.9 Å². The maximum Gasteiger partial charge on any atom is 0.326 e. The molecule has 0 saturated carbocycles. The molecule has 164 valence electrons. The lowest BCUT2D eigenvalue weighted by Crippen LogP contribution is -2.54. The van der Waals surface area contributed by atoms with Crippen molar-refractivity contribution in [2.45, 2.75) is 39.0 Å². The van der Waals surface area contributed by atoms with E-state index in [4.69, 9.17) is 31.5 Å². The molecular weight excluding hydrogens is 414 g/mol. The van der Waals surface area contributed by atoms with E-state index in [9.17, 15) is 14.4 Å². The maximum absolute atomic E-state index is 13.1. The van der Waals surface area contributed by atoms with E-state index < -0.39 is 29.1 Å². The zero-order valence-electron chi connectivity index (χ0n) is 17.2. The Hall–Kier alpha value is -2.20. The van der Waals surface area contributed by atoms with Gasteiger partial charge < -0.3 is 30.2 Å². The van der Waals surface area contributed by atoms with Crippen LogP contribution in [0.15, 0.2) is 18.2 Å². The second kappa shape index (κ2) is 8.50. The first-order valence-electron chi connectivity index (χ1n) is 9.64. The Kier molecular flexibility index (Phi) is 6.37. The molecule has 1 aromatic rings. The van der Waals surface area contributed by atoms with E-state index in [1.807, 2.05) is 0 Å². The van der Waals surface area contributed by atoms with Crippen molar-refractivity contribution in [1.82, 2.24) is 0 Å². The number of ether oxygens (including phenoxy) is 3. The van der Waals surface area contributed by atoms with Crippen LogP contribution in [0.25, 0.3) is 0 Å². The molecule has 2 fully saturated rings. The lowest BCUT2D eigenvalue weighted by atomic mass is 9.83. The summed E-state index contributed by atoms with van der Waals surface area (Å²) in [7, 11) is 0. The third-order valence-electron chi connectivity index (χ3n) is 4.93. The Balaban J connectivity index is 1.82. The van der Waals surface area contributed by atoms with Crippen molar-refractivity contribution < 1.29 is 28.6 Å². The summed E-state index contributed by atoms with van der Waals surface area (Å²) < 4.78 is 15.9. The first kappa shape index (κ1) is 22.5. The van der Waals surface area contributed by atoms with Gasteiger partial charge in [-0.3, -0.25) is 14.4 Å². The number of hydrogen-bond acceptors (Lipinski definition) is 7. The molecule has 2 aliphatic heterocycles. The standard InChI is InChI=1S/C20H26ClN3O6/c1-19(2,3)30-18(27)20(6-8-29-16(20)22)17(26)23-12-4-5-14(13(21)10-12)24-7-9-28-11-15(24)25/h4-5,10,16H,6-9,11,22H2,1-3H3,(H,23,26). The number of nitrogens with two attached hydrogens (primary N) is 1. The summed E-state index contributed by atoms with van der Waals surface area (Å²) in [6, 6.07) is 4.75. The summed E-state index contributed by atoms with van der Waals surface area (Å²) in [4.78, 5) is 39.6. The quantitative estimate of drug-likeness (QED) is 0.540. The number of benzene rings is 1. The van der Waals surface area contributed by atoms with Gasteiger partial charge in [-0.05, 0) is 45.4 Å². The van der Waals surface area contributed by atoms with Gasteiger partial charge in [0.05, 0.1) is 23.9 Å². The normalized spacial score (nSPS) is 24.6. The zero-order valence-corrected chi connectivity index (χ0v) is 18.0. The van der Waals surface area contributed by atoms with Crippen molar-refractivity contribution in [3.8, 4) is 0 Å². The van der Waals surface area contributed by atoms with Gasteiger partial charge in [0.2, 0.25) is 5.91 Å². The Morgan fingerprint density at radius 3 is 2.63 bits per heavy atom. The molecule has 0 aromatic heterocycles. The molecule has 0 bridgehead atoms.